The van der Waals surface area contributed by atoms with E-state index < -0.39 is 0 Å². The van der Waals surface area contributed by atoms with Crippen LogP contribution in [0.15, 0.2) is 41.1 Å². The van der Waals surface area contributed by atoms with E-state index in [2.05, 4.69) is 42.9 Å². The van der Waals surface area contributed by atoms with Gasteiger partial charge in [0.1, 0.15) is 5.82 Å². The topological polar surface area (TPSA) is 12.0 Å². The van der Waals surface area contributed by atoms with Gasteiger partial charge in [-0.1, -0.05) is 12.1 Å². The van der Waals surface area contributed by atoms with Crippen molar-refractivity contribution in [2.45, 2.75) is 39.2 Å². The zero-order valence-corrected chi connectivity index (χ0v) is 13.8. The maximum atomic E-state index is 13.0. The Kier molecular flexibility index (Phi) is 5.54. The first kappa shape index (κ1) is 16.2. The predicted molar refractivity (Wildman–Crippen MR) is 89.4 cm³/mol. The van der Waals surface area contributed by atoms with Gasteiger partial charge in [-0.25, -0.2) is 4.39 Å². The van der Waals surface area contributed by atoms with E-state index in [1.807, 2.05) is 12.1 Å². The Balaban J connectivity index is 2.01. The van der Waals surface area contributed by atoms with Crippen LogP contribution in [0.3, 0.4) is 0 Å². The molecule has 0 amide bonds. The number of nitrogens with one attached hydrogen (secondary N) is 1. The molecular formula is C18H24FNS. The van der Waals surface area contributed by atoms with Gasteiger partial charge in [0, 0.05) is 5.54 Å². The molecule has 1 unspecified atom stereocenters. The van der Waals surface area contributed by atoms with E-state index in [4.69, 9.17) is 0 Å². The maximum Gasteiger partial charge on any atom is 0.123 e. The van der Waals surface area contributed by atoms with Crippen LogP contribution in [0.1, 0.15) is 31.9 Å². The zero-order valence-electron chi connectivity index (χ0n) is 13.0. The Morgan fingerprint density at radius 2 is 1.71 bits per heavy atom. The molecule has 0 aliphatic heterocycles. The fourth-order valence-electron chi connectivity index (χ4n) is 2.36. The van der Waals surface area contributed by atoms with Gasteiger partial charge in [0.05, 0.1) is 0 Å². The summed E-state index contributed by atoms with van der Waals surface area (Å²) in [6.07, 6.45) is 2.03. The Morgan fingerprint density at radius 3 is 2.29 bits per heavy atom. The van der Waals surface area contributed by atoms with Gasteiger partial charge in [0.15, 0.2) is 0 Å². The van der Waals surface area contributed by atoms with E-state index >= 15 is 0 Å². The third-order valence-electron chi connectivity index (χ3n) is 3.46. The lowest BCUT2D eigenvalue weighted by atomic mass is 9.92. The summed E-state index contributed by atoms with van der Waals surface area (Å²) in [5, 5.41) is 7.94. The Bertz CT molecular complexity index is 525. The van der Waals surface area contributed by atoms with Crippen molar-refractivity contribution in [3.8, 4) is 0 Å². The summed E-state index contributed by atoms with van der Waals surface area (Å²) >= 11 is 1.74. The molecule has 0 aliphatic rings. The highest BCUT2D eigenvalue weighted by Gasteiger charge is 2.15. The third kappa shape index (κ3) is 5.98. The lowest BCUT2D eigenvalue weighted by Gasteiger charge is -2.25. The molecule has 0 radical (unpaired) electrons. The SMILES string of the molecule is CC(C)(C)NCC(Cc1ccc(F)cc1)Cc1ccsc1. The molecule has 1 N–H and O–H groups in total. The van der Waals surface area contributed by atoms with Crippen molar-refractivity contribution in [1.82, 2.24) is 5.32 Å². The summed E-state index contributed by atoms with van der Waals surface area (Å²) in [6, 6.07) is 9.09. The number of rotatable bonds is 6. The van der Waals surface area contributed by atoms with Gasteiger partial charge in [-0.05, 0) is 86.2 Å². The molecule has 0 aliphatic carbocycles. The molecule has 0 bridgehead atoms. The maximum absolute atomic E-state index is 13.0. The first-order valence-corrected chi connectivity index (χ1v) is 8.37. The molecule has 2 rings (SSSR count). The van der Waals surface area contributed by atoms with E-state index in [1.54, 1.807) is 23.5 Å². The van der Waals surface area contributed by atoms with E-state index in [0.29, 0.717) is 5.92 Å². The van der Waals surface area contributed by atoms with Crippen LogP contribution in [0.25, 0.3) is 0 Å². The van der Waals surface area contributed by atoms with Crippen LogP contribution >= 0.6 is 11.3 Å². The summed E-state index contributed by atoms with van der Waals surface area (Å²) in [6.45, 7) is 7.53. The van der Waals surface area contributed by atoms with Crippen molar-refractivity contribution in [2.75, 3.05) is 6.54 Å². The van der Waals surface area contributed by atoms with Crippen LogP contribution < -0.4 is 5.32 Å². The van der Waals surface area contributed by atoms with Gasteiger partial charge in [0.2, 0.25) is 0 Å². The molecule has 1 aromatic carbocycles. The molecule has 1 nitrogen and oxygen atoms in total. The molecule has 114 valence electrons. The molecule has 1 aromatic heterocycles. The van der Waals surface area contributed by atoms with Crippen LogP contribution in [0.4, 0.5) is 4.39 Å². The highest BCUT2D eigenvalue weighted by Crippen LogP contribution is 2.17. The second-order valence-electron chi connectivity index (χ2n) is 6.66. The second-order valence-corrected chi connectivity index (χ2v) is 7.44. The van der Waals surface area contributed by atoms with Crippen molar-refractivity contribution >= 4 is 11.3 Å². The summed E-state index contributed by atoms with van der Waals surface area (Å²) in [5.41, 5.74) is 2.71. The van der Waals surface area contributed by atoms with Crippen LogP contribution in [0.2, 0.25) is 0 Å². The molecule has 21 heavy (non-hydrogen) atoms. The zero-order chi connectivity index (χ0) is 15.3. The Morgan fingerprint density at radius 1 is 1.05 bits per heavy atom. The molecule has 0 saturated carbocycles. The van der Waals surface area contributed by atoms with Gasteiger partial charge < -0.3 is 5.32 Å². The second kappa shape index (κ2) is 7.19. The highest BCUT2D eigenvalue weighted by atomic mass is 32.1. The molecule has 1 atom stereocenters. The van der Waals surface area contributed by atoms with E-state index in [9.17, 15) is 4.39 Å². The van der Waals surface area contributed by atoms with Crippen molar-refractivity contribution in [2.24, 2.45) is 5.92 Å². The lowest BCUT2D eigenvalue weighted by molar-refractivity contribution is 0.367. The molecule has 0 spiro atoms. The third-order valence-corrected chi connectivity index (χ3v) is 4.20. The Labute approximate surface area is 131 Å². The van der Waals surface area contributed by atoms with Gasteiger partial charge >= 0.3 is 0 Å². The standard InChI is InChI=1S/C18H24FNS/c1-18(2,3)20-12-16(11-15-8-9-21-13-15)10-14-4-6-17(19)7-5-14/h4-9,13,16,20H,10-12H2,1-3H3. The fourth-order valence-corrected chi connectivity index (χ4v) is 3.04. The normalized spacial score (nSPS) is 13.3. The summed E-state index contributed by atoms with van der Waals surface area (Å²) < 4.78 is 13.0. The fraction of sp³-hybridized carbons (Fsp3) is 0.444. The minimum absolute atomic E-state index is 0.121. The van der Waals surface area contributed by atoms with E-state index in [1.165, 1.54) is 11.1 Å². The molecule has 0 saturated heterocycles. The molecule has 1 heterocycles. The van der Waals surface area contributed by atoms with Crippen LogP contribution in [-0.2, 0) is 12.8 Å². The molecule has 3 heteroatoms. The number of benzene rings is 1. The Hall–Kier alpha value is -1.19. The first-order chi connectivity index (χ1) is 9.92. The van der Waals surface area contributed by atoms with Crippen molar-refractivity contribution in [1.29, 1.82) is 0 Å². The number of thiophene rings is 1. The van der Waals surface area contributed by atoms with Crippen LogP contribution in [0.5, 0.6) is 0 Å². The number of halogens is 1. The van der Waals surface area contributed by atoms with Crippen molar-refractivity contribution in [3.05, 3.63) is 58.0 Å². The van der Waals surface area contributed by atoms with E-state index in [0.717, 1.165) is 19.4 Å². The first-order valence-electron chi connectivity index (χ1n) is 7.43. The molecular weight excluding hydrogens is 281 g/mol. The van der Waals surface area contributed by atoms with Crippen molar-refractivity contribution < 1.29 is 4.39 Å². The lowest BCUT2D eigenvalue weighted by Crippen LogP contribution is -2.40. The summed E-state index contributed by atoms with van der Waals surface area (Å²) in [5.74, 6) is 0.352. The number of hydrogen-bond donors (Lipinski definition) is 1. The molecule has 0 fully saturated rings. The molecule has 2 aromatic rings. The average Bonchev–Trinajstić information content (AvgIpc) is 2.91. The summed E-state index contributed by atoms with van der Waals surface area (Å²) in [4.78, 5) is 0. The van der Waals surface area contributed by atoms with E-state index in [-0.39, 0.29) is 11.4 Å². The highest BCUT2D eigenvalue weighted by molar-refractivity contribution is 7.07. The predicted octanol–water partition coefficient (Wildman–Crippen LogP) is 4.68. The average molecular weight is 305 g/mol. The monoisotopic (exact) mass is 305 g/mol. The van der Waals surface area contributed by atoms with Gasteiger partial charge in [-0.15, -0.1) is 0 Å². The van der Waals surface area contributed by atoms with Crippen molar-refractivity contribution in [3.63, 3.8) is 0 Å². The van der Waals surface area contributed by atoms with Gasteiger partial charge in [-0.2, -0.15) is 11.3 Å². The minimum atomic E-state index is -0.166. The summed E-state index contributed by atoms with van der Waals surface area (Å²) in [7, 11) is 0. The van der Waals surface area contributed by atoms with Gasteiger partial charge in [0.25, 0.3) is 0 Å². The van der Waals surface area contributed by atoms with Crippen LogP contribution in [-0.4, -0.2) is 12.1 Å². The quantitative estimate of drug-likeness (QED) is 0.817. The largest absolute Gasteiger partial charge is 0.312 e. The van der Waals surface area contributed by atoms with Gasteiger partial charge in [-0.3, -0.25) is 0 Å². The minimum Gasteiger partial charge on any atom is -0.312 e. The number of hydrogen-bond acceptors (Lipinski definition) is 2. The van der Waals surface area contributed by atoms with Crippen LogP contribution in [0, 0.1) is 11.7 Å². The smallest absolute Gasteiger partial charge is 0.123 e.